The van der Waals surface area contributed by atoms with Gasteiger partial charge in [0.05, 0.1) is 6.26 Å². The van der Waals surface area contributed by atoms with Gasteiger partial charge in [-0.3, -0.25) is 4.79 Å². The van der Waals surface area contributed by atoms with Crippen molar-refractivity contribution in [3.05, 3.63) is 64.7 Å². The number of hydrogen-bond acceptors (Lipinski definition) is 3. The average molecular weight is 375 g/mol. The van der Waals surface area contributed by atoms with E-state index >= 15 is 0 Å². The predicted molar refractivity (Wildman–Crippen MR) is 106 cm³/mol. The number of carbonyl (C=O) groups excluding carboxylic acids is 1. The van der Waals surface area contributed by atoms with Gasteiger partial charge in [0, 0.05) is 25.2 Å². The molecule has 0 bridgehead atoms. The van der Waals surface area contributed by atoms with Gasteiger partial charge in [-0.15, -0.1) is 0 Å². The summed E-state index contributed by atoms with van der Waals surface area (Å²) in [4.78, 5) is 12.3. The smallest absolute Gasteiger partial charge is 0.225 e. The highest BCUT2D eigenvalue weighted by Gasteiger charge is 2.18. The first-order chi connectivity index (χ1) is 12.1. The van der Waals surface area contributed by atoms with Crippen LogP contribution in [0.4, 0.5) is 5.69 Å². The van der Waals surface area contributed by atoms with Crippen LogP contribution >= 0.6 is 0 Å². The highest BCUT2D eigenvalue weighted by atomic mass is 32.2. The van der Waals surface area contributed by atoms with Crippen LogP contribution in [0.15, 0.2) is 42.5 Å². The van der Waals surface area contributed by atoms with Crippen LogP contribution in [-0.4, -0.2) is 31.4 Å². The lowest BCUT2D eigenvalue weighted by molar-refractivity contribution is -0.116. The third kappa shape index (κ3) is 5.97. The molecule has 0 saturated carbocycles. The molecule has 0 aliphatic heterocycles. The largest absolute Gasteiger partial charge is 0.326 e. The minimum Gasteiger partial charge on any atom is -0.326 e. The molecular weight excluding hydrogens is 348 g/mol. The molecule has 0 saturated heterocycles. The van der Waals surface area contributed by atoms with Crippen molar-refractivity contribution in [3.8, 4) is 0 Å². The summed E-state index contributed by atoms with van der Waals surface area (Å²) in [5.74, 6) is -0.199. The van der Waals surface area contributed by atoms with Crippen LogP contribution in [0.3, 0.4) is 0 Å². The molecule has 6 heteroatoms. The van der Waals surface area contributed by atoms with Crippen molar-refractivity contribution in [2.45, 2.75) is 33.7 Å². The molecule has 0 aliphatic carbocycles. The van der Waals surface area contributed by atoms with Crippen molar-refractivity contribution in [3.63, 3.8) is 0 Å². The molecule has 0 unspecified atom stereocenters. The fraction of sp³-hybridized carbons (Fsp3) is 0.350. The number of aryl methyl sites for hydroxylation is 3. The summed E-state index contributed by atoms with van der Waals surface area (Å²) in [5, 5.41) is 2.86. The van der Waals surface area contributed by atoms with Crippen LogP contribution in [0.25, 0.3) is 0 Å². The summed E-state index contributed by atoms with van der Waals surface area (Å²) < 4.78 is 25.5. The molecule has 2 aromatic rings. The fourth-order valence-electron chi connectivity index (χ4n) is 2.77. The van der Waals surface area contributed by atoms with Crippen LogP contribution in [0, 0.1) is 20.8 Å². The first kappa shape index (κ1) is 20.1. The molecule has 0 heterocycles. The van der Waals surface area contributed by atoms with Gasteiger partial charge >= 0.3 is 0 Å². The molecular formula is C20H26N2O3S. The van der Waals surface area contributed by atoms with Gasteiger partial charge in [-0.25, -0.2) is 8.42 Å². The Bertz CT molecular complexity index is 892. The molecule has 0 radical (unpaired) electrons. The Hall–Kier alpha value is -2.18. The highest BCUT2D eigenvalue weighted by Crippen LogP contribution is 2.17. The third-order valence-electron chi connectivity index (χ3n) is 4.15. The van der Waals surface area contributed by atoms with Crippen molar-refractivity contribution in [1.29, 1.82) is 0 Å². The Kier molecular flexibility index (Phi) is 6.56. The number of rotatable bonds is 7. The Morgan fingerprint density at radius 2 is 1.73 bits per heavy atom. The van der Waals surface area contributed by atoms with Crippen LogP contribution in [0.5, 0.6) is 0 Å². The van der Waals surface area contributed by atoms with Crippen molar-refractivity contribution in [2.75, 3.05) is 18.1 Å². The van der Waals surface area contributed by atoms with Crippen molar-refractivity contribution in [1.82, 2.24) is 4.31 Å². The molecule has 0 aliphatic rings. The minimum absolute atomic E-state index is 0.103. The molecule has 5 nitrogen and oxygen atoms in total. The summed E-state index contributed by atoms with van der Waals surface area (Å²) in [6.45, 7) is 6.30. The van der Waals surface area contributed by atoms with Gasteiger partial charge in [-0.1, -0.05) is 47.5 Å². The van der Waals surface area contributed by atoms with Gasteiger partial charge in [0.2, 0.25) is 15.9 Å². The lowest BCUT2D eigenvalue weighted by atomic mass is 10.1. The van der Waals surface area contributed by atoms with E-state index in [0.717, 1.165) is 27.9 Å². The molecule has 0 fully saturated rings. The Labute approximate surface area is 156 Å². The summed E-state index contributed by atoms with van der Waals surface area (Å²) >= 11 is 0. The third-order valence-corrected chi connectivity index (χ3v) is 5.40. The predicted octanol–water partition coefficient (Wildman–Crippen LogP) is 3.40. The summed E-state index contributed by atoms with van der Waals surface area (Å²) in [6, 6.07) is 13.5. The summed E-state index contributed by atoms with van der Waals surface area (Å²) in [6.07, 6.45) is 1.27. The van der Waals surface area contributed by atoms with E-state index in [0.29, 0.717) is 0 Å². The van der Waals surface area contributed by atoms with Crippen LogP contribution in [0.2, 0.25) is 0 Å². The van der Waals surface area contributed by atoms with E-state index in [2.05, 4.69) is 5.32 Å². The van der Waals surface area contributed by atoms with Gasteiger partial charge in [0.25, 0.3) is 0 Å². The van der Waals surface area contributed by atoms with Crippen molar-refractivity contribution in [2.24, 2.45) is 0 Å². The normalized spacial score (nSPS) is 11.6. The molecule has 0 spiro atoms. The monoisotopic (exact) mass is 374 g/mol. The molecule has 1 N–H and O–H groups in total. The second kappa shape index (κ2) is 8.47. The summed E-state index contributed by atoms with van der Waals surface area (Å²) in [5.41, 5.74) is 4.85. The first-order valence-corrected chi connectivity index (χ1v) is 10.4. The van der Waals surface area contributed by atoms with E-state index in [1.54, 1.807) is 0 Å². The zero-order valence-corrected chi connectivity index (χ0v) is 16.6. The topological polar surface area (TPSA) is 66.5 Å². The molecule has 2 aromatic carbocycles. The number of benzene rings is 2. The fourth-order valence-corrected chi connectivity index (χ4v) is 3.58. The number of sulfonamides is 1. The molecule has 1 amide bonds. The second-order valence-corrected chi connectivity index (χ2v) is 8.68. The average Bonchev–Trinajstić information content (AvgIpc) is 2.53. The highest BCUT2D eigenvalue weighted by molar-refractivity contribution is 7.88. The van der Waals surface area contributed by atoms with Gasteiger partial charge in [-0.05, 0) is 38.0 Å². The number of amides is 1. The molecule has 0 atom stereocenters. The molecule has 140 valence electrons. The van der Waals surface area contributed by atoms with E-state index in [4.69, 9.17) is 0 Å². The van der Waals surface area contributed by atoms with Gasteiger partial charge < -0.3 is 5.32 Å². The van der Waals surface area contributed by atoms with Gasteiger partial charge in [0.1, 0.15) is 0 Å². The Morgan fingerprint density at radius 1 is 1.04 bits per heavy atom. The van der Waals surface area contributed by atoms with Crippen molar-refractivity contribution < 1.29 is 13.2 Å². The Morgan fingerprint density at radius 3 is 2.35 bits per heavy atom. The van der Waals surface area contributed by atoms with Gasteiger partial charge in [-0.2, -0.15) is 4.31 Å². The number of nitrogens with zero attached hydrogens (tertiary/aromatic N) is 1. The maximum atomic E-state index is 12.3. The maximum Gasteiger partial charge on any atom is 0.225 e. The van der Waals surface area contributed by atoms with E-state index in [9.17, 15) is 13.2 Å². The lowest BCUT2D eigenvalue weighted by Gasteiger charge is -2.20. The molecule has 26 heavy (non-hydrogen) atoms. The Balaban J connectivity index is 2.01. The van der Waals surface area contributed by atoms with Gasteiger partial charge in [0.15, 0.2) is 0 Å². The SMILES string of the molecule is Cc1cccc(CN(CCC(=O)Nc2ccc(C)cc2C)S(C)(=O)=O)c1. The number of anilines is 1. The van der Waals surface area contributed by atoms with E-state index in [1.807, 2.05) is 63.2 Å². The van der Waals surface area contributed by atoms with Crippen LogP contribution in [-0.2, 0) is 21.4 Å². The first-order valence-electron chi connectivity index (χ1n) is 8.53. The zero-order chi connectivity index (χ0) is 19.3. The number of carbonyl (C=O) groups is 1. The standard InChI is InChI=1S/C20H26N2O3S/c1-15-6-5-7-18(13-15)14-22(26(4,24)25)11-10-20(23)21-19-9-8-16(2)12-17(19)3/h5-9,12-13H,10-11,14H2,1-4H3,(H,21,23). The quantitative estimate of drug-likeness (QED) is 0.808. The number of nitrogens with one attached hydrogen (secondary N) is 1. The van der Waals surface area contributed by atoms with E-state index in [-0.39, 0.29) is 25.4 Å². The van der Waals surface area contributed by atoms with Crippen molar-refractivity contribution >= 4 is 21.6 Å². The lowest BCUT2D eigenvalue weighted by Crippen LogP contribution is -2.32. The van der Waals surface area contributed by atoms with E-state index in [1.165, 1.54) is 10.6 Å². The minimum atomic E-state index is -3.40. The molecule has 2 rings (SSSR count). The van der Waals surface area contributed by atoms with Crippen LogP contribution < -0.4 is 5.32 Å². The maximum absolute atomic E-state index is 12.3. The second-order valence-electron chi connectivity index (χ2n) is 6.70. The van der Waals surface area contributed by atoms with Crippen LogP contribution in [0.1, 0.15) is 28.7 Å². The summed E-state index contributed by atoms with van der Waals surface area (Å²) in [7, 11) is -3.40. The van der Waals surface area contributed by atoms with E-state index < -0.39 is 10.0 Å². The number of hydrogen-bond donors (Lipinski definition) is 1. The molecule has 0 aromatic heterocycles. The zero-order valence-electron chi connectivity index (χ0n) is 15.7.